The van der Waals surface area contributed by atoms with Gasteiger partial charge in [-0.3, -0.25) is 4.74 Å². The van der Waals surface area contributed by atoms with Crippen molar-refractivity contribution in [1.29, 1.82) is 0 Å². The Balaban J connectivity index is 3.12. The van der Waals surface area contributed by atoms with Gasteiger partial charge in [-0.25, -0.2) is 9.71 Å². The maximum atomic E-state index is 12.7. The van der Waals surface area contributed by atoms with Crippen LogP contribution in [0.1, 0.15) is 0 Å². The number of ether oxygens (including phenoxy) is 1. The van der Waals surface area contributed by atoms with Crippen LogP contribution >= 0.6 is 0 Å². The number of hydrogen-bond acceptors (Lipinski definition) is 2. The SMILES string of the molecule is FC1NC(F)(F)C(F)(F)OC1(F)C(F)(F)F. The van der Waals surface area contributed by atoms with Gasteiger partial charge in [0.25, 0.3) is 0 Å². The lowest BCUT2D eigenvalue weighted by Gasteiger charge is -2.41. The van der Waals surface area contributed by atoms with Crippen LogP contribution in [0.25, 0.3) is 0 Å². The molecule has 2 nitrogen and oxygen atoms in total. The van der Waals surface area contributed by atoms with E-state index in [1.54, 1.807) is 0 Å². The molecule has 0 aliphatic carbocycles. The van der Waals surface area contributed by atoms with Crippen molar-refractivity contribution in [2.45, 2.75) is 30.5 Å². The van der Waals surface area contributed by atoms with Gasteiger partial charge in [0, 0.05) is 0 Å². The number of hydrogen-bond donors (Lipinski definition) is 1. The highest BCUT2D eigenvalue weighted by atomic mass is 19.4. The zero-order valence-electron chi connectivity index (χ0n) is 6.89. The molecule has 1 aliphatic rings. The fourth-order valence-electron chi connectivity index (χ4n) is 0.840. The summed E-state index contributed by atoms with van der Waals surface area (Å²) in [4.78, 5) is 0. The molecular formula is C5H2F9NO. The second-order valence-electron chi connectivity index (χ2n) is 2.84. The van der Waals surface area contributed by atoms with Gasteiger partial charge >= 0.3 is 24.2 Å². The summed E-state index contributed by atoms with van der Waals surface area (Å²) in [5, 5.41) is -0.127. The summed E-state index contributed by atoms with van der Waals surface area (Å²) in [6.07, 6.45) is -16.2. The average molecular weight is 263 g/mol. The first-order valence-corrected chi connectivity index (χ1v) is 3.47. The van der Waals surface area contributed by atoms with Crippen molar-refractivity contribution in [2.24, 2.45) is 0 Å². The third-order valence-electron chi connectivity index (χ3n) is 1.66. The van der Waals surface area contributed by atoms with Gasteiger partial charge in [-0.1, -0.05) is 0 Å². The smallest absolute Gasteiger partial charge is 0.265 e. The Morgan fingerprint density at radius 2 is 1.44 bits per heavy atom. The second-order valence-corrected chi connectivity index (χ2v) is 2.84. The maximum Gasteiger partial charge on any atom is 0.453 e. The molecule has 11 heteroatoms. The van der Waals surface area contributed by atoms with Gasteiger partial charge < -0.3 is 0 Å². The van der Waals surface area contributed by atoms with E-state index in [0.29, 0.717) is 0 Å². The van der Waals surface area contributed by atoms with E-state index < -0.39 is 30.5 Å². The van der Waals surface area contributed by atoms with E-state index in [1.807, 2.05) is 0 Å². The van der Waals surface area contributed by atoms with E-state index in [-0.39, 0.29) is 5.32 Å². The van der Waals surface area contributed by atoms with Crippen molar-refractivity contribution in [2.75, 3.05) is 0 Å². The van der Waals surface area contributed by atoms with E-state index in [9.17, 15) is 39.5 Å². The normalized spacial score (nSPS) is 38.4. The summed E-state index contributed by atoms with van der Waals surface area (Å²) >= 11 is 0. The quantitative estimate of drug-likeness (QED) is 0.535. The first-order chi connectivity index (χ1) is 6.83. The van der Waals surface area contributed by atoms with Crippen LogP contribution in [0.2, 0.25) is 0 Å². The molecule has 0 radical (unpaired) electrons. The average Bonchev–Trinajstić information content (AvgIpc) is 1.97. The van der Waals surface area contributed by atoms with Crippen molar-refractivity contribution >= 4 is 0 Å². The number of nitrogens with one attached hydrogen (secondary N) is 1. The summed E-state index contributed by atoms with van der Waals surface area (Å²) < 4.78 is 112. The topological polar surface area (TPSA) is 21.3 Å². The van der Waals surface area contributed by atoms with E-state index in [1.165, 1.54) is 0 Å². The molecule has 0 bridgehead atoms. The molecule has 0 saturated carbocycles. The molecule has 0 amide bonds. The van der Waals surface area contributed by atoms with Crippen LogP contribution in [0.15, 0.2) is 0 Å². The van der Waals surface area contributed by atoms with Crippen molar-refractivity contribution in [3.63, 3.8) is 0 Å². The van der Waals surface area contributed by atoms with Gasteiger partial charge in [0.1, 0.15) is 0 Å². The first-order valence-electron chi connectivity index (χ1n) is 3.47. The molecule has 1 aliphatic heterocycles. The van der Waals surface area contributed by atoms with Crippen molar-refractivity contribution in [3.05, 3.63) is 0 Å². The lowest BCUT2D eigenvalue weighted by molar-refractivity contribution is -0.497. The summed E-state index contributed by atoms with van der Waals surface area (Å²) in [5.74, 6) is -5.54. The molecule has 1 fully saturated rings. The summed E-state index contributed by atoms with van der Waals surface area (Å²) in [6, 6.07) is -5.45. The third-order valence-corrected chi connectivity index (χ3v) is 1.66. The minimum atomic E-state index is -6.24. The molecule has 96 valence electrons. The van der Waals surface area contributed by atoms with E-state index in [4.69, 9.17) is 0 Å². The van der Waals surface area contributed by atoms with Gasteiger partial charge in [-0.15, -0.1) is 0 Å². The molecular weight excluding hydrogens is 261 g/mol. The molecule has 2 atom stereocenters. The summed E-state index contributed by atoms with van der Waals surface area (Å²) in [7, 11) is 0. The summed E-state index contributed by atoms with van der Waals surface area (Å²) in [6.45, 7) is 0. The Morgan fingerprint density at radius 3 is 1.81 bits per heavy atom. The van der Waals surface area contributed by atoms with Crippen molar-refractivity contribution in [3.8, 4) is 0 Å². The van der Waals surface area contributed by atoms with Crippen LogP contribution in [0, 0.1) is 0 Å². The lowest BCUT2D eigenvalue weighted by Crippen LogP contribution is -2.72. The van der Waals surface area contributed by atoms with Crippen LogP contribution in [-0.2, 0) is 4.74 Å². The molecule has 0 aromatic heterocycles. The number of alkyl halides is 9. The fraction of sp³-hybridized carbons (Fsp3) is 1.00. The van der Waals surface area contributed by atoms with Crippen molar-refractivity contribution < 1.29 is 44.3 Å². The number of morpholine rings is 1. The molecule has 16 heavy (non-hydrogen) atoms. The highest BCUT2D eigenvalue weighted by Crippen LogP contribution is 2.49. The molecule has 0 aromatic rings. The number of rotatable bonds is 0. The van der Waals surface area contributed by atoms with E-state index in [0.717, 1.165) is 0 Å². The molecule has 0 aromatic carbocycles. The van der Waals surface area contributed by atoms with Crippen LogP contribution in [-0.4, -0.2) is 30.5 Å². The van der Waals surface area contributed by atoms with Gasteiger partial charge in [-0.2, -0.15) is 35.1 Å². The largest absolute Gasteiger partial charge is 0.453 e. The Labute approximate surface area is 81.3 Å². The predicted molar refractivity (Wildman–Crippen MR) is 28.9 cm³/mol. The monoisotopic (exact) mass is 263 g/mol. The first kappa shape index (κ1) is 13.4. The molecule has 1 rings (SSSR count). The highest BCUT2D eigenvalue weighted by Gasteiger charge is 2.77. The highest BCUT2D eigenvalue weighted by molar-refractivity contribution is 4.95. The Morgan fingerprint density at radius 1 is 1.00 bits per heavy atom. The minimum absolute atomic E-state index is 0.127. The van der Waals surface area contributed by atoms with Gasteiger partial charge in [-0.05, 0) is 0 Å². The van der Waals surface area contributed by atoms with Crippen LogP contribution < -0.4 is 5.32 Å². The molecule has 2 unspecified atom stereocenters. The predicted octanol–water partition coefficient (Wildman–Crippen LogP) is 2.32. The van der Waals surface area contributed by atoms with E-state index in [2.05, 4.69) is 4.74 Å². The lowest BCUT2D eigenvalue weighted by atomic mass is 10.2. The van der Waals surface area contributed by atoms with Gasteiger partial charge in [0.15, 0.2) is 0 Å². The minimum Gasteiger partial charge on any atom is -0.265 e. The molecule has 1 heterocycles. The van der Waals surface area contributed by atoms with Crippen LogP contribution in [0.5, 0.6) is 0 Å². The van der Waals surface area contributed by atoms with E-state index >= 15 is 0 Å². The fourth-order valence-corrected chi connectivity index (χ4v) is 0.840. The standard InChI is InChI=1S/C5H2F9NO/c6-1-2(7,3(8,9)10)16-5(13,14)4(11,12)15-1/h1,15H. The zero-order valence-corrected chi connectivity index (χ0v) is 6.89. The molecule has 0 spiro atoms. The van der Waals surface area contributed by atoms with Gasteiger partial charge in [0.2, 0.25) is 6.30 Å². The molecule has 1 saturated heterocycles. The zero-order chi connectivity index (χ0) is 13.0. The maximum absolute atomic E-state index is 12.7. The molecule has 1 N–H and O–H groups in total. The van der Waals surface area contributed by atoms with Crippen molar-refractivity contribution in [1.82, 2.24) is 5.32 Å². The van der Waals surface area contributed by atoms with Crippen LogP contribution in [0.4, 0.5) is 39.5 Å². The number of halogens is 9. The second kappa shape index (κ2) is 3.15. The van der Waals surface area contributed by atoms with Crippen LogP contribution in [0.3, 0.4) is 0 Å². The Bertz CT molecular complexity index is 288. The Hall–Kier alpha value is -0.710. The Kier molecular flexibility index (Phi) is 2.63. The summed E-state index contributed by atoms with van der Waals surface area (Å²) in [5.41, 5.74) is 0. The van der Waals surface area contributed by atoms with Gasteiger partial charge in [0.05, 0.1) is 0 Å². The third kappa shape index (κ3) is 1.71.